The van der Waals surface area contributed by atoms with Gasteiger partial charge in [-0.2, -0.15) is 8.42 Å². The van der Waals surface area contributed by atoms with E-state index in [0.717, 1.165) is 6.08 Å². The Morgan fingerprint density at radius 2 is 1.34 bits per heavy atom. The third-order valence-electron chi connectivity index (χ3n) is 3.14. The Bertz CT molecular complexity index is 705. The Hall–Kier alpha value is -2.05. The number of halogens is 1. The van der Waals surface area contributed by atoms with Crippen molar-refractivity contribution in [3.05, 3.63) is 35.2 Å². The molecule has 164 valence electrons. The lowest BCUT2D eigenvalue weighted by Crippen LogP contribution is -2.15. The number of hydrogen-bond donors (Lipinski definition) is 1. The standard InChI is InChI=1S/C18H25FO9S/c19-29(22,23)14-5-16-1-3-17(4-2-16)28-13-12-26-9-8-24-6-7-25-10-11-27-15-18(20)21/h1-5,14H,6-13,15H2,(H,20,21)/b14-5+. The molecule has 0 saturated heterocycles. The van der Waals surface area contributed by atoms with Crippen LogP contribution in [0.3, 0.4) is 0 Å². The first kappa shape index (κ1) is 25.0. The number of aliphatic carboxylic acids is 1. The summed E-state index contributed by atoms with van der Waals surface area (Å²) in [6, 6.07) is 6.48. The molecule has 0 aliphatic heterocycles. The summed E-state index contributed by atoms with van der Waals surface area (Å²) in [5, 5.41) is 8.85. The summed E-state index contributed by atoms with van der Waals surface area (Å²) in [5.41, 5.74) is 0.531. The van der Waals surface area contributed by atoms with E-state index in [9.17, 15) is 17.1 Å². The van der Waals surface area contributed by atoms with Gasteiger partial charge in [-0.1, -0.05) is 12.1 Å². The monoisotopic (exact) mass is 436 g/mol. The highest BCUT2D eigenvalue weighted by atomic mass is 32.3. The Morgan fingerprint density at radius 3 is 1.83 bits per heavy atom. The summed E-state index contributed by atoms with van der Waals surface area (Å²) in [4.78, 5) is 10.2. The zero-order valence-electron chi connectivity index (χ0n) is 15.8. The van der Waals surface area contributed by atoms with E-state index in [2.05, 4.69) is 0 Å². The van der Waals surface area contributed by atoms with Crippen LogP contribution in [0.5, 0.6) is 5.75 Å². The van der Waals surface area contributed by atoms with Crippen molar-refractivity contribution in [2.75, 3.05) is 59.5 Å². The van der Waals surface area contributed by atoms with Crippen molar-refractivity contribution in [3.63, 3.8) is 0 Å². The molecular weight excluding hydrogens is 411 g/mol. The van der Waals surface area contributed by atoms with Crippen LogP contribution in [0.1, 0.15) is 5.56 Å². The van der Waals surface area contributed by atoms with Crippen LogP contribution < -0.4 is 4.74 Å². The van der Waals surface area contributed by atoms with Crippen LogP contribution in [0.4, 0.5) is 3.89 Å². The summed E-state index contributed by atoms with van der Waals surface area (Å²) in [5.74, 6) is -0.437. The predicted molar refractivity (Wildman–Crippen MR) is 102 cm³/mol. The van der Waals surface area contributed by atoms with Crippen molar-refractivity contribution in [1.29, 1.82) is 0 Å². The zero-order chi connectivity index (χ0) is 21.4. The minimum atomic E-state index is -4.64. The molecule has 0 aliphatic rings. The van der Waals surface area contributed by atoms with Crippen molar-refractivity contribution < 1.29 is 45.9 Å². The Balaban J connectivity index is 1.94. The number of carboxylic acid groups (broad SMARTS) is 1. The van der Waals surface area contributed by atoms with E-state index in [-0.39, 0.29) is 13.2 Å². The zero-order valence-corrected chi connectivity index (χ0v) is 16.6. The van der Waals surface area contributed by atoms with Gasteiger partial charge in [0.05, 0.1) is 51.7 Å². The highest BCUT2D eigenvalue weighted by molar-refractivity contribution is 7.89. The van der Waals surface area contributed by atoms with Crippen LogP contribution in [-0.2, 0) is 34.0 Å². The minimum Gasteiger partial charge on any atom is -0.491 e. The normalized spacial score (nSPS) is 11.8. The van der Waals surface area contributed by atoms with E-state index in [1.807, 2.05) is 0 Å². The van der Waals surface area contributed by atoms with Gasteiger partial charge in [-0.25, -0.2) is 4.79 Å². The van der Waals surface area contributed by atoms with Crippen LogP contribution in [-0.4, -0.2) is 79.0 Å². The molecule has 1 rings (SSSR count). The van der Waals surface area contributed by atoms with E-state index in [1.54, 1.807) is 24.3 Å². The molecule has 0 unspecified atom stereocenters. The third kappa shape index (κ3) is 15.5. The van der Waals surface area contributed by atoms with Gasteiger partial charge in [0.1, 0.15) is 19.0 Å². The number of carboxylic acids is 1. The molecule has 0 amide bonds. The smallest absolute Gasteiger partial charge is 0.329 e. The lowest BCUT2D eigenvalue weighted by Gasteiger charge is -2.08. The van der Waals surface area contributed by atoms with Gasteiger partial charge < -0.3 is 28.8 Å². The fourth-order valence-corrected chi connectivity index (χ4v) is 2.19. The van der Waals surface area contributed by atoms with Gasteiger partial charge in [0.25, 0.3) is 0 Å². The van der Waals surface area contributed by atoms with E-state index in [1.165, 1.54) is 0 Å². The summed E-state index contributed by atoms with van der Waals surface area (Å²) in [6.45, 7) is 2.44. The van der Waals surface area contributed by atoms with Gasteiger partial charge in [-0.05, 0) is 23.8 Å². The fraction of sp³-hybridized carbons (Fsp3) is 0.500. The number of ether oxygens (including phenoxy) is 5. The van der Waals surface area contributed by atoms with Gasteiger partial charge in [0, 0.05) is 0 Å². The Kier molecular flexibility index (Phi) is 12.8. The van der Waals surface area contributed by atoms with Gasteiger partial charge in [-0.3, -0.25) is 0 Å². The Labute approximate surface area is 169 Å². The minimum absolute atomic E-state index is 0.217. The highest BCUT2D eigenvalue weighted by Gasteiger charge is 2.00. The number of benzene rings is 1. The highest BCUT2D eigenvalue weighted by Crippen LogP contribution is 2.13. The van der Waals surface area contributed by atoms with Gasteiger partial charge >= 0.3 is 16.2 Å². The van der Waals surface area contributed by atoms with Crippen molar-refractivity contribution in [1.82, 2.24) is 0 Å². The van der Waals surface area contributed by atoms with Crippen molar-refractivity contribution in [3.8, 4) is 5.75 Å². The Morgan fingerprint density at radius 1 is 0.862 bits per heavy atom. The average Bonchev–Trinajstić information content (AvgIpc) is 2.66. The molecule has 1 aromatic carbocycles. The lowest BCUT2D eigenvalue weighted by atomic mass is 10.2. The van der Waals surface area contributed by atoms with E-state index in [0.29, 0.717) is 63.0 Å². The molecule has 0 fully saturated rings. The van der Waals surface area contributed by atoms with Gasteiger partial charge in [-0.15, -0.1) is 3.89 Å². The average molecular weight is 436 g/mol. The second-order valence-electron chi connectivity index (χ2n) is 5.48. The molecule has 0 spiro atoms. The molecule has 0 saturated carbocycles. The number of hydrogen-bond acceptors (Lipinski definition) is 8. The molecule has 9 nitrogen and oxygen atoms in total. The summed E-state index contributed by atoms with van der Waals surface area (Å²) in [6.07, 6.45) is 1.15. The predicted octanol–water partition coefficient (Wildman–Crippen LogP) is 1.49. The first-order chi connectivity index (χ1) is 13.9. The topological polar surface area (TPSA) is 118 Å². The molecule has 0 radical (unpaired) electrons. The molecule has 0 atom stereocenters. The lowest BCUT2D eigenvalue weighted by molar-refractivity contribution is -0.142. The van der Waals surface area contributed by atoms with Crippen LogP contribution in [0.25, 0.3) is 6.08 Å². The van der Waals surface area contributed by atoms with Gasteiger partial charge in [0.2, 0.25) is 0 Å². The SMILES string of the molecule is O=C(O)COCCOCCOCCOCCOc1ccc(/C=C/S(=O)(=O)F)cc1. The fourth-order valence-electron chi connectivity index (χ4n) is 1.87. The number of carbonyl (C=O) groups is 1. The molecule has 29 heavy (non-hydrogen) atoms. The van der Waals surface area contributed by atoms with E-state index < -0.39 is 16.2 Å². The molecule has 0 heterocycles. The molecule has 1 N–H and O–H groups in total. The molecular formula is C18H25FO9S. The summed E-state index contributed by atoms with van der Waals surface area (Å²) in [7, 11) is -4.64. The molecule has 0 bridgehead atoms. The van der Waals surface area contributed by atoms with E-state index >= 15 is 0 Å². The maximum atomic E-state index is 12.4. The van der Waals surface area contributed by atoms with Crippen molar-refractivity contribution in [2.24, 2.45) is 0 Å². The first-order valence-corrected chi connectivity index (χ1v) is 10.2. The van der Waals surface area contributed by atoms with Crippen LogP contribution in [0.15, 0.2) is 29.7 Å². The van der Waals surface area contributed by atoms with E-state index in [4.69, 9.17) is 28.8 Å². The van der Waals surface area contributed by atoms with Crippen LogP contribution in [0, 0.1) is 0 Å². The quantitative estimate of drug-likeness (QED) is 0.286. The van der Waals surface area contributed by atoms with Crippen molar-refractivity contribution >= 4 is 22.3 Å². The van der Waals surface area contributed by atoms with Gasteiger partial charge in [0.15, 0.2) is 0 Å². The third-order valence-corrected chi connectivity index (χ3v) is 3.60. The van der Waals surface area contributed by atoms with Crippen LogP contribution >= 0.6 is 0 Å². The summed E-state index contributed by atoms with van der Waals surface area (Å²) < 4.78 is 59.3. The molecule has 1 aromatic rings. The summed E-state index contributed by atoms with van der Waals surface area (Å²) >= 11 is 0. The molecule has 11 heteroatoms. The largest absolute Gasteiger partial charge is 0.491 e. The molecule has 0 aromatic heterocycles. The first-order valence-electron chi connectivity index (χ1n) is 8.75. The second-order valence-corrected chi connectivity index (χ2v) is 6.70. The maximum Gasteiger partial charge on any atom is 0.329 e. The number of rotatable bonds is 17. The van der Waals surface area contributed by atoms with Crippen LogP contribution in [0.2, 0.25) is 0 Å². The maximum absolute atomic E-state index is 12.4. The second kappa shape index (κ2) is 14.9. The molecule has 0 aliphatic carbocycles. The van der Waals surface area contributed by atoms with Crippen molar-refractivity contribution in [2.45, 2.75) is 0 Å².